The minimum absolute atomic E-state index is 0.284. The van der Waals surface area contributed by atoms with Gasteiger partial charge in [-0.3, -0.25) is 0 Å². The fourth-order valence-electron chi connectivity index (χ4n) is 1.93. The summed E-state index contributed by atoms with van der Waals surface area (Å²) < 4.78 is 5.42. The van der Waals surface area contributed by atoms with Crippen LogP contribution >= 0.6 is 11.6 Å². The van der Waals surface area contributed by atoms with Gasteiger partial charge in [-0.2, -0.15) is 0 Å². The highest BCUT2D eigenvalue weighted by molar-refractivity contribution is 6.20. The minimum Gasteiger partial charge on any atom is -0.406 e. The van der Waals surface area contributed by atoms with Gasteiger partial charge in [-0.25, -0.2) is 0 Å². The molecule has 0 fully saturated rings. The van der Waals surface area contributed by atoms with E-state index in [0.717, 1.165) is 16.8 Å². The lowest BCUT2D eigenvalue weighted by atomic mass is 10.1. The first-order chi connectivity index (χ1) is 8.47. The van der Waals surface area contributed by atoms with Crippen LogP contribution < -0.4 is 5.32 Å². The zero-order valence-electron chi connectivity index (χ0n) is 10.9. The molecular weight excluding hydrogens is 250 g/mol. The van der Waals surface area contributed by atoms with E-state index in [9.17, 15) is 0 Å². The lowest BCUT2D eigenvalue weighted by Crippen LogP contribution is -1.97. The zero-order chi connectivity index (χ0) is 13.3. The van der Waals surface area contributed by atoms with Gasteiger partial charge in [0.05, 0.1) is 0 Å². The molecule has 0 amide bonds. The second-order valence-corrected chi connectivity index (χ2v) is 5.11. The van der Waals surface area contributed by atoms with Crippen molar-refractivity contribution in [2.45, 2.75) is 33.1 Å². The van der Waals surface area contributed by atoms with Crippen LogP contribution in [0.25, 0.3) is 0 Å². The van der Waals surface area contributed by atoms with Crippen molar-refractivity contribution >= 4 is 23.3 Å². The molecule has 0 radical (unpaired) electrons. The number of aromatic nitrogens is 2. The molecule has 2 rings (SSSR count). The number of benzene rings is 1. The van der Waals surface area contributed by atoms with E-state index in [1.54, 1.807) is 6.92 Å². The summed E-state index contributed by atoms with van der Waals surface area (Å²) in [6.07, 6.45) is 0. The number of hydrogen-bond acceptors (Lipinski definition) is 4. The van der Waals surface area contributed by atoms with E-state index in [0.29, 0.717) is 11.9 Å². The van der Waals surface area contributed by atoms with Crippen molar-refractivity contribution in [3.8, 4) is 0 Å². The molecule has 0 aliphatic heterocycles. The Hall–Kier alpha value is -1.55. The molecule has 1 unspecified atom stereocenters. The quantitative estimate of drug-likeness (QED) is 0.851. The highest BCUT2D eigenvalue weighted by Gasteiger charge is 2.12. The first kappa shape index (κ1) is 12.9. The lowest BCUT2D eigenvalue weighted by Gasteiger charge is -2.10. The average molecular weight is 266 g/mol. The maximum absolute atomic E-state index is 5.88. The Morgan fingerprint density at radius 3 is 2.28 bits per heavy atom. The standard InChI is InChI=1S/C13H16ClN3O/c1-7-5-8(2)11(9(3)6-7)15-13-17-16-12(18-13)10(4)14/h5-6,10H,1-4H3,(H,15,17). The molecule has 96 valence electrons. The molecule has 0 aliphatic rings. The molecule has 0 aliphatic carbocycles. The number of nitrogens with zero attached hydrogens (tertiary/aromatic N) is 2. The number of hydrogen-bond donors (Lipinski definition) is 1. The Labute approximate surface area is 111 Å². The van der Waals surface area contributed by atoms with Gasteiger partial charge < -0.3 is 9.73 Å². The van der Waals surface area contributed by atoms with Crippen molar-refractivity contribution in [1.29, 1.82) is 0 Å². The van der Waals surface area contributed by atoms with Crippen LogP contribution in [0.4, 0.5) is 11.7 Å². The Morgan fingerprint density at radius 1 is 1.17 bits per heavy atom. The zero-order valence-corrected chi connectivity index (χ0v) is 11.7. The summed E-state index contributed by atoms with van der Waals surface area (Å²) in [5.41, 5.74) is 4.52. The van der Waals surface area contributed by atoms with Crippen LogP contribution in [0.15, 0.2) is 16.5 Å². The topological polar surface area (TPSA) is 51.0 Å². The fraction of sp³-hybridized carbons (Fsp3) is 0.385. The second-order valence-electron chi connectivity index (χ2n) is 4.46. The van der Waals surface area contributed by atoms with E-state index in [2.05, 4.69) is 34.6 Å². The first-order valence-electron chi connectivity index (χ1n) is 5.79. The molecule has 0 saturated carbocycles. The maximum Gasteiger partial charge on any atom is 0.320 e. The molecule has 0 bridgehead atoms. The second kappa shape index (κ2) is 4.98. The summed E-state index contributed by atoms with van der Waals surface area (Å²) >= 11 is 5.88. The van der Waals surface area contributed by atoms with E-state index in [4.69, 9.17) is 16.0 Å². The van der Waals surface area contributed by atoms with Gasteiger partial charge in [0.2, 0.25) is 5.89 Å². The Kier molecular flexibility index (Phi) is 3.57. The van der Waals surface area contributed by atoms with Crippen LogP contribution in [0.1, 0.15) is 34.9 Å². The maximum atomic E-state index is 5.88. The largest absolute Gasteiger partial charge is 0.406 e. The Bertz CT molecular complexity index is 540. The number of alkyl halides is 1. The van der Waals surface area contributed by atoms with E-state index in [-0.39, 0.29) is 5.38 Å². The number of anilines is 2. The highest BCUT2D eigenvalue weighted by Crippen LogP contribution is 2.26. The molecular formula is C13H16ClN3O. The molecule has 1 N–H and O–H groups in total. The number of nitrogens with one attached hydrogen (secondary N) is 1. The number of halogens is 1. The van der Waals surface area contributed by atoms with Gasteiger partial charge in [-0.15, -0.1) is 16.7 Å². The average Bonchev–Trinajstić information content (AvgIpc) is 2.71. The van der Waals surface area contributed by atoms with E-state index < -0.39 is 0 Å². The van der Waals surface area contributed by atoms with Gasteiger partial charge in [0.25, 0.3) is 0 Å². The van der Waals surface area contributed by atoms with Gasteiger partial charge in [0.15, 0.2) is 0 Å². The summed E-state index contributed by atoms with van der Waals surface area (Å²) in [6, 6.07) is 4.58. The Balaban J connectivity index is 2.28. The molecule has 1 heterocycles. The number of aryl methyl sites for hydroxylation is 3. The minimum atomic E-state index is -0.284. The monoisotopic (exact) mass is 265 g/mol. The summed E-state index contributed by atoms with van der Waals surface area (Å²) in [5.74, 6) is 0.418. The van der Waals surface area contributed by atoms with Crippen molar-refractivity contribution < 1.29 is 4.42 Å². The van der Waals surface area contributed by atoms with Crippen molar-refractivity contribution in [3.63, 3.8) is 0 Å². The van der Waals surface area contributed by atoms with Crippen molar-refractivity contribution in [2.24, 2.45) is 0 Å². The van der Waals surface area contributed by atoms with Gasteiger partial charge >= 0.3 is 6.01 Å². The van der Waals surface area contributed by atoms with Crippen LogP contribution in [0, 0.1) is 20.8 Å². The van der Waals surface area contributed by atoms with Crippen molar-refractivity contribution in [3.05, 3.63) is 34.7 Å². The van der Waals surface area contributed by atoms with Gasteiger partial charge in [0, 0.05) is 5.69 Å². The van der Waals surface area contributed by atoms with E-state index >= 15 is 0 Å². The summed E-state index contributed by atoms with van der Waals surface area (Å²) in [4.78, 5) is 0. The van der Waals surface area contributed by atoms with Crippen molar-refractivity contribution in [2.75, 3.05) is 5.32 Å². The lowest BCUT2D eigenvalue weighted by molar-refractivity contribution is 0.509. The molecule has 4 nitrogen and oxygen atoms in total. The smallest absolute Gasteiger partial charge is 0.320 e. The van der Waals surface area contributed by atoms with Gasteiger partial charge in [-0.1, -0.05) is 22.8 Å². The SMILES string of the molecule is Cc1cc(C)c(Nc2nnc(C(C)Cl)o2)c(C)c1. The molecule has 1 aromatic carbocycles. The van der Waals surface area contributed by atoms with Crippen LogP contribution in [0.5, 0.6) is 0 Å². The molecule has 2 aromatic rings. The van der Waals surface area contributed by atoms with Crippen LogP contribution in [-0.4, -0.2) is 10.2 Å². The van der Waals surface area contributed by atoms with E-state index in [1.165, 1.54) is 5.56 Å². The van der Waals surface area contributed by atoms with Crippen molar-refractivity contribution in [1.82, 2.24) is 10.2 Å². The molecule has 1 aromatic heterocycles. The number of rotatable bonds is 3. The third-order valence-corrected chi connectivity index (χ3v) is 2.88. The third-order valence-electron chi connectivity index (χ3n) is 2.69. The predicted molar refractivity (Wildman–Crippen MR) is 72.5 cm³/mol. The predicted octanol–water partition coefficient (Wildman–Crippen LogP) is 4.04. The molecule has 18 heavy (non-hydrogen) atoms. The molecule has 0 saturated heterocycles. The van der Waals surface area contributed by atoms with Crippen LogP contribution in [0.2, 0.25) is 0 Å². The van der Waals surface area contributed by atoms with Gasteiger partial charge in [-0.05, 0) is 38.8 Å². The highest BCUT2D eigenvalue weighted by atomic mass is 35.5. The van der Waals surface area contributed by atoms with Crippen LogP contribution in [0.3, 0.4) is 0 Å². The first-order valence-corrected chi connectivity index (χ1v) is 6.23. The summed E-state index contributed by atoms with van der Waals surface area (Å²) in [7, 11) is 0. The molecule has 1 atom stereocenters. The summed E-state index contributed by atoms with van der Waals surface area (Å²) in [5, 5.41) is 10.7. The van der Waals surface area contributed by atoms with Gasteiger partial charge in [0.1, 0.15) is 5.38 Å². The normalized spacial score (nSPS) is 12.5. The third kappa shape index (κ3) is 2.64. The Morgan fingerprint density at radius 2 is 1.78 bits per heavy atom. The fourth-order valence-corrected chi connectivity index (χ4v) is 2.02. The molecule has 0 spiro atoms. The van der Waals surface area contributed by atoms with Crippen LogP contribution in [-0.2, 0) is 0 Å². The summed E-state index contributed by atoms with van der Waals surface area (Å²) in [6.45, 7) is 7.96. The molecule has 5 heteroatoms. The van der Waals surface area contributed by atoms with E-state index in [1.807, 2.05) is 13.8 Å².